The van der Waals surface area contributed by atoms with E-state index in [1.54, 1.807) is 25.2 Å². The summed E-state index contributed by atoms with van der Waals surface area (Å²) < 4.78 is 36.0. The summed E-state index contributed by atoms with van der Waals surface area (Å²) in [7, 11) is -1.47. The van der Waals surface area contributed by atoms with Gasteiger partial charge in [0.05, 0.1) is 4.90 Å². The number of nitrogens with one attached hydrogen (secondary N) is 2. The van der Waals surface area contributed by atoms with Gasteiger partial charge < -0.3 is 10.6 Å². The first-order valence-corrected chi connectivity index (χ1v) is 10.3. The van der Waals surface area contributed by atoms with E-state index in [9.17, 15) is 12.8 Å². The molecule has 0 fully saturated rings. The fourth-order valence-electron chi connectivity index (χ4n) is 2.47. The van der Waals surface area contributed by atoms with Crippen LogP contribution >= 0.6 is 0 Å². The van der Waals surface area contributed by atoms with Gasteiger partial charge in [0.25, 0.3) is 0 Å². The average Bonchev–Trinajstić information content (AvgIpc) is 2.60. The predicted molar refractivity (Wildman–Crippen MR) is 103 cm³/mol. The van der Waals surface area contributed by atoms with Crippen LogP contribution in [0.1, 0.15) is 11.1 Å². The number of rotatable bonds is 7. The second-order valence-corrected chi connectivity index (χ2v) is 7.99. The molecule has 140 valence electrons. The minimum atomic E-state index is -3.16. The quantitative estimate of drug-likeness (QED) is 0.573. The molecule has 7 heteroatoms. The Balaban J connectivity index is 1.75. The molecule has 5 nitrogen and oxygen atoms in total. The fraction of sp³-hybridized carbons (Fsp3) is 0.316. The normalized spacial score (nSPS) is 12.0. The van der Waals surface area contributed by atoms with Gasteiger partial charge in [0.2, 0.25) is 0 Å². The molecule has 0 aliphatic heterocycles. The molecule has 0 bridgehead atoms. The number of halogens is 1. The molecule has 0 heterocycles. The number of guanidine groups is 1. The van der Waals surface area contributed by atoms with E-state index in [1.807, 2.05) is 18.2 Å². The zero-order valence-corrected chi connectivity index (χ0v) is 15.8. The third-order valence-corrected chi connectivity index (χ3v) is 5.00. The van der Waals surface area contributed by atoms with Gasteiger partial charge in [0, 0.05) is 26.4 Å². The van der Waals surface area contributed by atoms with Crippen molar-refractivity contribution < 1.29 is 12.8 Å². The maximum Gasteiger partial charge on any atom is 0.190 e. The Hall–Kier alpha value is -2.41. The first kappa shape index (κ1) is 19.9. The predicted octanol–water partition coefficient (Wildman–Crippen LogP) is 2.18. The van der Waals surface area contributed by atoms with E-state index in [4.69, 9.17) is 0 Å². The van der Waals surface area contributed by atoms with Crippen LogP contribution in [0.4, 0.5) is 4.39 Å². The van der Waals surface area contributed by atoms with Crippen LogP contribution in [-0.2, 0) is 22.7 Å². The number of benzene rings is 2. The van der Waals surface area contributed by atoms with E-state index in [-0.39, 0.29) is 5.82 Å². The molecule has 2 N–H and O–H groups in total. The van der Waals surface area contributed by atoms with Crippen molar-refractivity contribution in [1.29, 1.82) is 0 Å². The Bertz CT molecular complexity index is 849. The van der Waals surface area contributed by atoms with Crippen LogP contribution in [0.15, 0.2) is 58.4 Å². The number of hydrogen-bond acceptors (Lipinski definition) is 3. The van der Waals surface area contributed by atoms with Crippen molar-refractivity contribution in [3.63, 3.8) is 0 Å². The minimum absolute atomic E-state index is 0.230. The van der Waals surface area contributed by atoms with Crippen molar-refractivity contribution in [1.82, 2.24) is 10.6 Å². The average molecular weight is 377 g/mol. The monoisotopic (exact) mass is 377 g/mol. The first-order chi connectivity index (χ1) is 12.4. The summed E-state index contributed by atoms with van der Waals surface area (Å²) >= 11 is 0. The van der Waals surface area contributed by atoms with Gasteiger partial charge in [-0.1, -0.05) is 24.3 Å². The topological polar surface area (TPSA) is 70.6 Å². The van der Waals surface area contributed by atoms with Crippen molar-refractivity contribution in [2.24, 2.45) is 4.99 Å². The van der Waals surface area contributed by atoms with Crippen molar-refractivity contribution in [3.05, 3.63) is 65.5 Å². The Morgan fingerprint density at radius 2 is 1.62 bits per heavy atom. The van der Waals surface area contributed by atoms with Gasteiger partial charge in [-0.3, -0.25) is 4.99 Å². The van der Waals surface area contributed by atoms with Crippen LogP contribution in [0, 0.1) is 5.82 Å². The Morgan fingerprint density at radius 3 is 2.15 bits per heavy atom. The lowest BCUT2D eigenvalue weighted by Crippen LogP contribution is -2.39. The van der Waals surface area contributed by atoms with Gasteiger partial charge >= 0.3 is 0 Å². The molecule has 2 aromatic carbocycles. The molecule has 0 saturated heterocycles. The highest BCUT2D eigenvalue weighted by atomic mass is 32.2. The molecule has 0 aliphatic carbocycles. The number of nitrogens with zero attached hydrogens (tertiary/aromatic N) is 1. The first-order valence-electron chi connectivity index (χ1n) is 8.36. The van der Waals surface area contributed by atoms with E-state index in [0.717, 1.165) is 17.5 Å². The molecule has 2 aromatic rings. The Morgan fingerprint density at radius 1 is 1.00 bits per heavy atom. The number of sulfone groups is 1. The van der Waals surface area contributed by atoms with Gasteiger partial charge in [0.1, 0.15) is 5.82 Å². The lowest BCUT2D eigenvalue weighted by Gasteiger charge is -2.12. The molecular weight excluding hydrogens is 353 g/mol. The zero-order valence-electron chi connectivity index (χ0n) is 15.0. The van der Waals surface area contributed by atoms with Crippen LogP contribution in [0.2, 0.25) is 0 Å². The summed E-state index contributed by atoms with van der Waals surface area (Å²) in [5, 5.41) is 6.40. The summed E-state index contributed by atoms with van der Waals surface area (Å²) in [6, 6.07) is 13.4. The minimum Gasteiger partial charge on any atom is -0.356 e. The maximum atomic E-state index is 13.1. The molecule has 0 aromatic heterocycles. The second-order valence-electron chi connectivity index (χ2n) is 5.97. The molecule has 2 rings (SSSR count). The van der Waals surface area contributed by atoms with Gasteiger partial charge in [-0.05, 0) is 48.2 Å². The van der Waals surface area contributed by atoms with E-state index < -0.39 is 9.84 Å². The largest absolute Gasteiger partial charge is 0.356 e. The SMILES string of the molecule is CN=C(NCCc1ccc(S(C)(=O)=O)cc1)NCCc1cccc(F)c1. The molecule has 0 atom stereocenters. The van der Waals surface area contributed by atoms with Crippen LogP contribution in [0.3, 0.4) is 0 Å². The lowest BCUT2D eigenvalue weighted by molar-refractivity contribution is 0.602. The van der Waals surface area contributed by atoms with Gasteiger partial charge in [0.15, 0.2) is 15.8 Å². The van der Waals surface area contributed by atoms with Crippen LogP contribution in [0.5, 0.6) is 0 Å². The van der Waals surface area contributed by atoms with Crippen LogP contribution < -0.4 is 10.6 Å². The number of hydrogen-bond donors (Lipinski definition) is 2. The summed E-state index contributed by atoms with van der Waals surface area (Å²) in [5.74, 6) is 0.445. The third-order valence-electron chi connectivity index (χ3n) is 3.88. The second kappa shape index (κ2) is 9.33. The molecule has 0 aliphatic rings. The highest BCUT2D eigenvalue weighted by molar-refractivity contribution is 7.90. The molecular formula is C19H24FN3O2S. The fourth-order valence-corrected chi connectivity index (χ4v) is 3.10. The van der Waals surface area contributed by atoms with Crippen molar-refractivity contribution in [3.8, 4) is 0 Å². The molecule has 0 unspecified atom stereocenters. The summed E-state index contributed by atoms with van der Waals surface area (Å²) in [6.07, 6.45) is 2.64. The Labute approximate surface area is 154 Å². The van der Waals surface area contributed by atoms with Crippen molar-refractivity contribution in [2.45, 2.75) is 17.7 Å². The van der Waals surface area contributed by atoms with E-state index in [0.29, 0.717) is 30.4 Å². The van der Waals surface area contributed by atoms with Crippen molar-refractivity contribution >= 4 is 15.8 Å². The maximum absolute atomic E-state index is 13.1. The third kappa shape index (κ3) is 6.48. The summed E-state index contributed by atoms with van der Waals surface area (Å²) in [4.78, 5) is 4.48. The molecule has 0 amide bonds. The molecule has 0 radical (unpaired) electrons. The van der Waals surface area contributed by atoms with Gasteiger partial charge in [-0.15, -0.1) is 0 Å². The van der Waals surface area contributed by atoms with E-state index >= 15 is 0 Å². The van der Waals surface area contributed by atoms with Crippen molar-refractivity contribution in [2.75, 3.05) is 26.4 Å². The summed E-state index contributed by atoms with van der Waals surface area (Å²) in [5.41, 5.74) is 1.97. The van der Waals surface area contributed by atoms with E-state index in [2.05, 4.69) is 15.6 Å². The lowest BCUT2D eigenvalue weighted by atomic mass is 10.1. The Kier molecular flexibility index (Phi) is 7.15. The van der Waals surface area contributed by atoms with E-state index in [1.165, 1.54) is 18.4 Å². The van der Waals surface area contributed by atoms with Crippen LogP contribution in [-0.4, -0.2) is 40.8 Å². The molecule has 26 heavy (non-hydrogen) atoms. The molecule has 0 saturated carbocycles. The van der Waals surface area contributed by atoms with Gasteiger partial charge in [-0.2, -0.15) is 0 Å². The highest BCUT2D eigenvalue weighted by Crippen LogP contribution is 2.10. The van der Waals surface area contributed by atoms with Crippen LogP contribution in [0.25, 0.3) is 0 Å². The standard InChI is InChI=1S/C19H24FN3O2S/c1-21-19(23-13-11-16-4-3-5-17(20)14-16)22-12-10-15-6-8-18(9-7-15)26(2,24)25/h3-9,14H,10-13H2,1-2H3,(H2,21,22,23). The molecule has 0 spiro atoms. The zero-order chi connectivity index (χ0) is 19.0. The number of aliphatic imine (C=N–C) groups is 1. The van der Waals surface area contributed by atoms with Gasteiger partial charge in [-0.25, -0.2) is 12.8 Å². The highest BCUT2D eigenvalue weighted by Gasteiger charge is 2.06. The smallest absolute Gasteiger partial charge is 0.190 e. The summed E-state index contributed by atoms with van der Waals surface area (Å²) in [6.45, 7) is 1.31.